The number of para-hydroxylation sites is 1. The molecule has 1 saturated heterocycles. The van der Waals surface area contributed by atoms with Crippen LogP contribution in [0.2, 0.25) is 0 Å². The van der Waals surface area contributed by atoms with E-state index in [1.807, 2.05) is 0 Å². The van der Waals surface area contributed by atoms with E-state index >= 15 is 0 Å². The zero-order valence-corrected chi connectivity index (χ0v) is 13.7. The van der Waals surface area contributed by atoms with E-state index in [1.54, 1.807) is 10.8 Å². The van der Waals surface area contributed by atoms with Gasteiger partial charge in [0.15, 0.2) is 5.75 Å². The maximum Gasteiger partial charge on any atom is 0.326 e. The van der Waals surface area contributed by atoms with Crippen LogP contribution in [-0.4, -0.2) is 34.4 Å². The molecule has 0 unspecified atom stereocenters. The van der Waals surface area contributed by atoms with Gasteiger partial charge in [-0.3, -0.25) is 4.79 Å². The highest BCUT2D eigenvalue weighted by atomic mass is 32.2. The number of rotatable bonds is 3. The number of sulfone groups is 1. The second kappa shape index (κ2) is 5.49. The summed E-state index contributed by atoms with van der Waals surface area (Å²) in [6.07, 6.45) is 0. The van der Waals surface area contributed by atoms with Gasteiger partial charge in [-0.1, -0.05) is 24.3 Å². The predicted molar refractivity (Wildman–Crippen MR) is 84.4 cm³/mol. The fourth-order valence-electron chi connectivity index (χ4n) is 2.32. The molecule has 2 aromatic rings. The van der Waals surface area contributed by atoms with Gasteiger partial charge in [0.2, 0.25) is 9.84 Å². The number of anilines is 1. The number of phenols is 1. The van der Waals surface area contributed by atoms with E-state index in [9.17, 15) is 26.7 Å². The van der Waals surface area contributed by atoms with Gasteiger partial charge in [-0.15, -0.1) is 0 Å². The van der Waals surface area contributed by atoms with Gasteiger partial charge in [0.1, 0.15) is 11.4 Å². The van der Waals surface area contributed by atoms with Crippen LogP contribution in [0.4, 0.5) is 5.69 Å². The highest BCUT2D eigenvalue weighted by molar-refractivity contribution is 7.92. The normalized spacial score (nSPS) is 16.8. The number of carbonyl (C=O) groups excluding carboxylic acids is 1. The van der Waals surface area contributed by atoms with Gasteiger partial charge >= 0.3 is 10.2 Å². The molecule has 8 nitrogen and oxygen atoms in total. The van der Waals surface area contributed by atoms with Gasteiger partial charge in [0.25, 0.3) is 5.91 Å². The van der Waals surface area contributed by atoms with Crippen molar-refractivity contribution in [3.8, 4) is 5.75 Å². The minimum Gasteiger partial charge on any atom is -0.504 e. The summed E-state index contributed by atoms with van der Waals surface area (Å²) >= 11 is 0. The molecule has 1 aliphatic rings. The number of nitrogens with zero attached hydrogens (tertiary/aromatic N) is 1. The number of hydrogen-bond acceptors (Lipinski definition) is 6. The molecule has 1 fully saturated rings. The molecular weight excluding hydrogens is 356 g/mol. The second-order valence-corrected chi connectivity index (χ2v) is 8.49. The van der Waals surface area contributed by atoms with Crippen molar-refractivity contribution < 1.29 is 26.7 Å². The maximum atomic E-state index is 12.6. The van der Waals surface area contributed by atoms with E-state index in [2.05, 4.69) is 0 Å². The van der Waals surface area contributed by atoms with Gasteiger partial charge in [0.05, 0.1) is 10.6 Å². The molecule has 1 aliphatic heterocycles. The largest absolute Gasteiger partial charge is 0.504 e. The lowest BCUT2D eigenvalue weighted by Gasteiger charge is -2.17. The quantitative estimate of drug-likeness (QED) is 0.809. The average molecular weight is 368 g/mol. The minimum atomic E-state index is -4.16. The first kappa shape index (κ1) is 16.3. The number of phenolic OH excluding ortho intramolecular Hbond substituents is 1. The molecule has 0 atom stereocenters. The molecular formula is C14H12N2O6S2. The van der Waals surface area contributed by atoms with Crippen LogP contribution in [0.25, 0.3) is 0 Å². The molecule has 3 rings (SSSR count). The SMILES string of the molecule is O=C1CN(c2cccc(S(=O)(=O)c3ccccc3)c2O)S(=O)(=O)N1. The number of carbonyl (C=O) groups is 1. The molecule has 2 aromatic carbocycles. The Labute approximate surface area is 138 Å². The van der Waals surface area contributed by atoms with E-state index in [0.717, 1.165) is 0 Å². The molecule has 126 valence electrons. The van der Waals surface area contributed by atoms with Crippen LogP contribution in [0.3, 0.4) is 0 Å². The first-order valence-electron chi connectivity index (χ1n) is 6.69. The zero-order valence-electron chi connectivity index (χ0n) is 12.1. The Hall–Kier alpha value is -2.59. The summed E-state index contributed by atoms with van der Waals surface area (Å²) in [4.78, 5) is 10.8. The Bertz CT molecular complexity index is 1020. The van der Waals surface area contributed by atoms with Gasteiger partial charge in [-0.25, -0.2) is 17.4 Å². The van der Waals surface area contributed by atoms with Gasteiger partial charge in [-0.2, -0.15) is 8.42 Å². The van der Waals surface area contributed by atoms with Crippen molar-refractivity contribution in [1.29, 1.82) is 0 Å². The second-order valence-electron chi connectivity index (χ2n) is 4.98. The van der Waals surface area contributed by atoms with Crippen molar-refractivity contribution >= 4 is 31.6 Å². The van der Waals surface area contributed by atoms with E-state index in [-0.39, 0.29) is 10.6 Å². The number of amides is 1. The molecule has 10 heteroatoms. The topological polar surface area (TPSA) is 121 Å². The average Bonchev–Trinajstić information content (AvgIpc) is 2.80. The van der Waals surface area contributed by atoms with Crippen LogP contribution in [0, 0.1) is 0 Å². The molecule has 0 spiro atoms. The zero-order chi connectivity index (χ0) is 17.5. The third-order valence-corrected chi connectivity index (χ3v) is 6.60. The molecule has 0 aromatic heterocycles. The fourth-order valence-corrected chi connectivity index (χ4v) is 4.86. The molecule has 0 bridgehead atoms. The van der Waals surface area contributed by atoms with Crippen molar-refractivity contribution in [2.75, 3.05) is 10.8 Å². The molecule has 2 N–H and O–H groups in total. The molecule has 0 radical (unpaired) electrons. The third kappa shape index (κ3) is 2.59. The van der Waals surface area contributed by atoms with Crippen molar-refractivity contribution in [2.45, 2.75) is 9.79 Å². The molecule has 1 heterocycles. The van der Waals surface area contributed by atoms with Crippen molar-refractivity contribution in [2.24, 2.45) is 0 Å². The van der Waals surface area contributed by atoms with Crippen LogP contribution in [0.5, 0.6) is 5.75 Å². The van der Waals surface area contributed by atoms with Crippen molar-refractivity contribution in [3.05, 3.63) is 48.5 Å². The van der Waals surface area contributed by atoms with E-state index in [1.165, 1.54) is 42.5 Å². The number of nitrogens with one attached hydrogen (secondary N) is 1. The number of hydrogen-bond donors (Lipinski definition) is 2. The Balaban J connectivity index is 2.16. The Kier molecular flexibility index (Phi) is 3.73. The van der Waals surface area contributed by atoms with Crippen LogP contribution in [0.1, 0.15) is 0 Å². The molecule has 0 saturated carbocycles. The minimum absolute atomic E-state index is 0.0454. The summed E-state index contributed by atoms with van der Waals surface area (Å²) in [6, 6.07) is 11.1. The summed E-state index contributed by atoms with van der Waals surface area (Å²) < 4.78 is 51.4. The van der Waals surface area contributed by atoms with E-state index < -0.39 is 43.1 Å². The monoisotopic (exact) mass is 368 g/mol. The van der Waals surface area contributed by atoms with Crippen LogP contribution in [-0.2, 0) is 24.8 Å². The fraction of sp³-hybridized carbons (Fsp3) is 0.0714. The Morgan fingerprint density at radius 2 is 1.71 bits per heavy atom. The first-order chi connectivity index (χ1) is 11.2. The van der Waals surface area contributed by atoms with Gasteiger partial charge in [-0.05, 0) is 24.3 Å². The highest BCUT2D eigenvalue weighted by Crippen LogP contribution is 2.38. The Morgan fingerprint density at radius 1 is 1.04 bits per heavy atom. The Morgan fingerprint density at radius 3 is 2.29 bits per heavy atom. The van der Waals surface area contributed by atoms with Crippen LogP contribution < -0.4 is 9.03 Å². The standard InChI is InChI=1S/C14H12N2O6S2/c17-13-9-16(24(21,22)15-13)11-7-4-8-12(14(11)18)23(19,20)10-5-2-1-3-6-10/h1-8,18H,9H2,(H,15,17). The number of benzene rings is 2. The predicted octanol–water partition coefficient (Wildman–Crippen LogP) is 0.406. The molecule has 24 heavy (non-hydrogen) atoms. The smallest absolute Gasteiger partial charge is 0.326 e. The maximum absolute atomic E-state index is 12.6. The summed E-state index contributed by atoms with van der Waals surface area (Å²) in [5, 5.41) is 10.3. The lowest BCUT2D eigenvalue weighted by atomic mass is 10.3. The van der Waals surface area contributed by atoms with E-state index in [4.69, 9.17) is 0 Å². The summed E-state index contributed by atoms with van der Waals surface area (Å²) in [7, 11) is -8.21. The highest BCUT2D eigenvalue weighted by Gasteiger charge is 2.37. The van der Waals surface area contributed by atoms with Crippen LogP contribution in [0.15, 0.2) is 58.3 Å². The van der Waals surface area contributed by atoms with E-state index in [0.29, 0.717) is 4.31 Å². The van der Waals surface area contributed by atoms with Gasteiger partial charge in [0, 0.05) is 0 Å². The summed E-state index contributed by atoms with van der Waals surface area (Å²) in [5.74, 6) is -1.51. The van der Waals surface area contributed by atoms with Crippen LogP contribution >= 0.6 is 0 Å². The molecule has 0 aliphatic carbocycles. The third-order valence-electron chi connectivity index (χ3n) is 3.41. The number of aromatic hydroxyl groups is 1. The van der Waals surface area contributed by atoms with Crippen molar-refractivity contribution in [3.63, 3.8) is 0 Å². The van der Waals surface area contributed by atoms with Gasteiger partial charge < -0.3 is 5.11 Å². The lowest BCUT2D eigenvalue weighted by Crippen LogP contribution is -2.29. The lowest BCUT2D eigenvalue weighted by molar-refractivity contribution is -0.117. The molecule has 1 amide bonds. The first-order valence-corrected chi connectivity index (χ1v) is 9.61. The summed E-state index contributed by atoms with van der Waals surface area (Å²) in [5.41, 5.74) is -0.287. The summed E-state index contributed by atoms with van der Waals surface area (Å²) in [6.45, 7) is -0.537. The van der Waals surface area contributed by atoms with Crippen molar-refractivity contribution in [1.82, 2.24) is 4.72 Å².